The van der Waals surface area contributed by atoms with Crippen molar-refractivity contribution in [3.63, 3.8) is 0 Å². The van der Waals surface area contributed by atoms with Crippen molar-refractivity contribution in [2.45, 2.75) is 25.4 Å². The number of ether oxygens (including phenoxy) is 2. The van der Waals surface area contributed by atoms with Crippen molar-refractivity contribution >= 4 is 11.9 Å². The summed E-state index contributed by atoms with van der Waals surface area (Å²) in [7, 11) is 3.23. The Hall–Kier alpha value is -3.00. The van der Waals surface area contributed by atoms with E-state index >= 15 is 0 Å². The maximum absolute atomic E-state index is 12.3. The summed E-state index contributed by atoms with van der Waals surface area (Å²) >= 11 is 0. The molecule has 1 saturated heterocycles. The molecule has 3 rings (SSSR count). The van der Waals surface area contributed by atoms with Crippen LogP contribution in [0.2, 0.25) is 0 Å². The molecule has 3 amide bonds. The van der Waals surface area contributed by atoms with Gasteiger partial charge in [-0.05, 0) is 37.6 Å². The van der Waals surface area contributed by atoms with E-state index in [0.717, 1.165) is 36.4 Å². The van der Waals surface area contributed by atoms with Crippen molar-refractivity contribution in [2.24, 2.45) is 0 Å². The van der Waals surface area contributed by atoms with Crippen molar-refractivity contribution in [1.82, 2.24) is 15.5 Å². The first-order valence-corrected chi connectivity index (χ1v) is 9.16. The minimum absolute atomic E-state index is 0.0535. The molecule has 8 heteroatoms. The molecule has 0 bridgehead atoms. The first-order valence-electron chi connectivity index (χ1n) is 9.16. The molecule has 1 atom stereocenters. The van der Waals surface area contributed by atoms with Gasteiger partial charge in [0, 0.05) is 17.7 Å². The number of urea groups is 1. The van der Waals surface area contributed by atoms with Crippen LogP contribution in [0.3, 0.4) is 0 Å². The fraction of sp³-hybridized carbons (Fsp3) is 0.400. The van der Waals surface area contributed by atoms with Crippen LogP contribution in [0.4, 0.5) is 4.79 Å². The average Bonchev–Trinajstić information content (AvgIpc) is 3.37. The van der Waals surface area contributed by atoms with Gasteiger partial charge in [0.1, 0.15) is 17.3 Å². The van der Waals surface area contributed by atoms with E-state index in [9.17, 15) is 9.59 Å². The summed E-state index contributed by atoms with van der Waals surface area (Å²) in [5.41, 5.74) is 1.01. The predicted molar refractivity (Wildman–Crippen MR) is 102 cm³/mol. The van der Waals surface area contributed by atoms with E-state index in [1.807, 2.05) is 18.2 Å². The van der Waals surface area contributed by atoms with Crippen molar-refractivity contribution < 1.29 is 23.5 Å². The number of benzene rings is 1. The molecule has 2 heterocycles. The lowest BCUT2D eigenvalue weighted by atomic mass is 10.0. The second-order valence-electron chi connectivity index (χ2n) is 6.55. The zero-order valence-electron chi connectivity index (χ0n) is 16.1. The van der Waals surface area contributed by atoms with Crippen molar-refractivity contribution in [1.29, 1.82) is 0 Å². The zero-order valence-corrected chi connectivity index (χ0v) is 16.1. The molecular formula is C20H25N3O5. The molecule has 0 unspecified atom stereocenters. The van der Waals surface area contributed by atoms with Crippen LogP contribution >= 0.6 is 0 Å². The summed E-state index contributed by atoms with van der Waals surface area (Å²) in [6.07, 6.45) is 3.42. The molecule has 2 aromatic rings. The predicted octanol–water partition coefficient (Wildman–Crippen LogP) is 2.46. The highest BCUT2D eigenvalue weighted by molar-refractivity contribution is 5.95. The highest BCUT2D eigenvalue weighted by atomic mass is 16.5. The quantitative estimate of drug-likeness (QED) is 0.758. The van der Waals surface area contributed by atoms with E-state index in [-0.39, 0.29) is 25.0 Å². The van der Waals surface area contributed by atoms with Crippen LogP contribution in [0.1, 0.15) is 30.2 Å². The second-order valence-corrected chi connectivity index (χ2v) is 6.55. The summed E-state index contributed by atoms with van der Waals surface area (Å²) in [6.45, 7) is 1.14. The third-order valence-electron chi connectivity index (χ3n) is 4.77. The minimum Gasteiger partial charge on any atom is -0.497 e. The number of furan rings is 1. The normalized spacial score (nSPS) is 16.6. The number of nitrogens with zero attached hydrogens (tertiary/aromatic N) is 1. The Morgan fingerprint density at radius 3 is 2.82 bits per heavy atom. The molecule has 8 nitrogen and oxygen atoms in total. The summed E-state index contributed by atoms with van der Waals surface area (Å²) in [5.74, 6) is 1.72. The van der Waals surface area contributed by atoms with E-state index < -0.39 is 6.03 Å². The maximum Gasteiger partial charge on any atom is 0.321 e. The molecular weight excluding hydrogens is 362 g/mol. The third-order valence-corrected chi connectivity index (χ3v) is 4.77. The Bertz CT molecular complexity index is 806. The number of rotatable bonds is 7. The van der Waals surface area contributed by atoms with E-state index in [2.05, 4.69) is 15.5 Å². The van der Waals surface area contributed by atoms with E-state index in [0.29, 0.717) is 5.76 Å². The molecule has 1 aromatic carbocycles. The maximum atomic E-state index is 12.3. The molecule has 1 aliphatic heterocycles. The van der Waals surface area contributed by atoms with Crippen LogP contribution in [0, 0.1) is 0 Å². The third kappa shape index (κ3) is 4.83. The number of methoxy groups -OCH3 is 2. The fourth-order valence-electron chi connectivity index (χ4n) is 3.44. The largest absolute Gasteiger partial charge is 0.497 e. The van der Waals surface area contributed by atoms with Gasteiger partial charge >= 0.3 is 6.03 Å². The van der Waals surface area contributed by atoms with Gasteiger partial charge < -0.3 is 19.2 Å². The first-order chi connectivity index (χ1) is 13.6. The lowest BCUT2D eigenvalue weighted by Gasteiger charge is -2.25. The standard InChI is InChI=1S/C20H25N3O5/c1-26-14-7-8-16(18(11-14)27-2)17-6-3-9-23(17)13-19(24)22-20(25)21-12-15-5-4-10-28-15/h4-5,7-8,10-11,17H,3,6,9,12-13H2,1-2H3,(H2,21,22,24,25)/t17-/m0/s1. The SMILES string of the molecule is COc1ccc([C@@H]2CCCN2CC(=O)NC(=O)NCc2ccco2)c(OC)c1. The molecule has 2 N–H and O–H groups in total. The van der Waals surface area contributed by atoms with Crippen LogP contribution < -0.4 is 20.1 Å². The van der Waals surface area contributed by atoms with Crippen LogP contribution in [-0.2, 0) is 11.3 Å². The zero-order chi connectivity index (χ0) is 19.9. The average molecular weight is 387 g/mol. The highest BCUT2D eigenvalue weighted by Gasteiger charge is 2.30. The van der Waals surface area contributed by atoms with Crippen molar-refractivity contribution in [3.8, 4) is 11.5 Å². The monoisotopic (exact) mass is 387 g/mol. The molecule has 0 spiro atoms. The Morgan fingerprint density at radius 1 is 1.25 bits per heavy atom. The minimum atomic E-state index is -0.542. The number of likely N-dealkylation sites (tertiary alicyclic amines) is 1. The van der Waals surface area contributed by atoms with Gasteiger partial charge in [0.15, 0.2) is 0 Å². The van der Waals surface area contributed by atoms with Crippen LogP contribution in [0.5, 0.6) is 11.5 Å². The van der Waals surface area contributed by atoms with Gasteiger partial charge in [0.05, 0.1) is 33.6 Å². The second kappa shape index (κ2) is 9.27. The van der Waals surface area contributed by atoms with Crippen molar-refractivity contribution in [3.05, 3.63) is 47.9 Å². The van der Waals surface area contributed by atoms with Gasteiger partial charge in [0.2, 0.25) is 5.91 Å². The molecule has 150 valence electrons. The summed E-state index contributed by atoms with van der Waals surface area (Å²) in [6, 6.07) is 8.69. The van der Waals surface area contributed by atoms with Gasteiger partial charge in [-0.2, -0.15) is 0 Å². The fourth-order valence-corrected chi connectivity index (χ4v) is 3.44. The lowest BCUT2D eigenvalue weighted by molar-refractivity contribution is -0.121. The number of carbonyl (C=O) groups is 2. The Labute approximate surface area is 163 Å². The number of carbonyl (C=O) groups excluding carboxylic acids is 2. The van der Waals surface area contributed by atoms with Crippen molar-refractivity contribution in [2.75, 3.05) is 27.3 Å². The highest BCUT2D eigenvalue weighted by Crippen LogP contribution is 2.38. The van der Waals surface area contributed by atoms with E-state index in [4.69, 9.17) is 13.9 Å². The first kappa shape index (κ1) is 19.8. The lowest BCUT2D eigenvalue weighted by Crippen LogP contribution is -2.44. The number of nitrogens with one attached hydrogen (secondary N) is 2. The van der Waals surface area contributed by atoms with Crippen LogP contribution in [-0.4, -0.2) is 44.1 Å². The van der Waals surface area contributed by atoms with Gasteiger partial charge in [-0.15, -0.1) is 0 Å². The van der Waals surface area contributed by atoms with E-state index in [1.54, 1.807) is 26.4 Å². The summed E-state index contributed by atoms with van der Waals surface area (Å²) in [4.78, 5) is 26.3. The van der Waals surface area contributed by atoms with Gasteiger partial charge in [-0.1, -0.05) is 6.07 Å². The molecule has 1 fully saturated rings. The Kier molecular flexibility index (Phi) is 6.54. The number of amides is 3. The smallest absolute Gasteiger partial charge is 0.321 e. The van der Waals surface area contributed by atoms with Gasteiger partial charge in [0.25, 0.3) is 0 Å². The molecule has 28 heavy (non-hydrogen) atoms. The molecule has 0 saturated carbocycles. The Morgan fingerprint density at radius 2 is 2.11 bits per heavy atom. The summed E-state index contributed by atoms with van der Waals surface area (Å²) in [5, 5.41) is 4.96. The Balaban J connectivity index is 1.57. The molecule has 0 radical (unpaired) electrons. The number of imide groups is 1. The van der Waals surface area contributed by atoms with Gasteiger partial charge in [-0.3, -0.25) is 15.0 Å². The topological polar surface area (TPSA) is 93.0 Å². The van der Waals surface area contributed by atoms with E-state index in [1.165, 1.54) is 6.26 Å². The molecule has 1 aliphatic rings. The number of hydrogen-bond donors (Lipinski definition) is 2. The molecule has 0 aliphatic carbocycles. The summed E-state index contributed by atoms with van der Waals surface area (Å²) < 4.78 is 15.9. The van der Waals surface area contributed by atoms with Gasteiger partial charge in [-0.25, -0.2) is 4.79 Å². The van der Waals surface area contributed by atoms with Crippen LogP contribution in [0.15, 0.2) is 41.0 Å². The molecule has 1 aromatic heterocycles. The van der Waals surface area contributed by atoms with Crippen LogP contribution in [0.25, 0.3) is 0 Å². The number of hydrogen-bond acceptors (Lipinski definition) is 6.